The number of nitrogens with one attached hydrogen (secondary N) is 1. The summed E-state index contributed by atoms with van der Waals surface area (Å²) < 4.78 is 24.5. The van der Waals surface area contributed by atoms with Gasteiger partial charge in [-0.3, -0.25) is 0 Å². The average molecular weight is 267 g/mol. The summed E-state index contributed by atoms with van der Waals surface area (Å²) in [6.07, 6.45) is 2.08. The Labute approximate surface area is 114 Å². The van der Waals surface area contributed by atoms with Crippen molar-refractivity contribution in [3.8, 4) is 0 Å². The Hall–Kier alpha value is -0.970. The Morgan fingerprint density at radius 2 is 2.00 bits per heavy atom. The SMILES string of the molecule is CCNCC(OC1CCOCC1)c1ccc(F)cc1. The van der Waals surface area contributed by atoms with Crippen LogP contribution < -0.4 is 5.32 Å². The van der Waals surface area contributed by atoms with Gasteiger partial charge in [-0.05, 0) is 37.1 Å². The van der Waals surface area contributed by atoms with Crippen LogP contribution in [-0.4, -0.2) is 32.4 Å². The van der Waals surface area contributed by atoms with Crippen molar-refractivity contribution in [3.05, 3.63) is 35.6 Å². The largest absolute Gasteiger partial charge is 0.381 e. The minimum Gasteiger partial charge on any atom is -0.381 e. The fourth-order valence-electron chi connectivity index (χ4n) is 2.24. The van der Waals surface area contributed by atoms with E-state index in [-0.39, 0.29) is 18.0 Å². The molecule has 0 aliphatic carbocycles. The van der Waals surface area contributed by atoms with Gasteiger partial charge in [-0.15, -0.1) is 0 Å². The average Bonchev–Trinajstić information content (AvgIpc) is 2.45. The number of halogens is 1. The second kappa shape index (κ2) is 7.58. The van der Waals surface area contributed by atoms with Crippen molar-refractivity contribution in [2.24, 2.45) is 0 Å². The molecule has 4 heteroatoms. The standard InChI is InChI=1S/C15H22FNO2/c1-2-17-11-15(12-3-5-13(16)6-4-12)19-14-7-9-18-10-8-14/h3-6,14-15,17H,2,7-11H2,1H3. The van der Waals surface area contributed by atoms with Crippen LogP contribution in [0.25, 0.3) is 0 Å². The maximum absolute atomic E-state index is 13.0. The third kappa shape index (κ3) is 4.56. The lowest BCUT2D eigenvalue weighted by Gasteiger charge is -2.28. The fraction of sp³-hybridized carbons (Fsp3) is 0.600. The van der Waals surface area contributed by atoms with Gasteiger partial charge < -0.3 is 14.8 Å². The van der Waals surface area contributed by atoms with Crippen molar-refractivity contribution in [2.75, 3.05) is 26.3 Å². The lowest BCUT2D eigenvalue weighted by Crippen LogP contribution is -2.30. The summed E-state index contributed by atoms with van der Waals surface area (Å²) in [5.74, 6) is -0.211. The normalized spacial score (nSPS) is 18.4. The first-order valence-corrected chi connectivity index (χ1v) is 6.99. The first kappa shape index (κ1) is 14.4. The fourth-order valence-corrected chi connectivity index (χ4v) is 2.24. The molecule has 0 radical (unpaired) electrons. The zero-order valence-electron chi connectivity index (χ0n) is 11.4. The van der Waals surface area contributed by atoms with Crippen LogP contribution in [-0.2, 0) is 9.47 Å². The highest BCUT2D eigenvalue weighted by atomic mass is 19.1. The Morgan fingerprint density at radius 3 is 2.63 bits per heavy atom. The molecular formula is C15H22FNO2. The first-order valence-electron chi connectivity index (χ1n) is 6.99. The maximum atomic E-state index is 13.0. The third-order valence-corrected chi connectivity index (χ3v) is 3.35. The number of hydrogen-bond donors (Lipinski definition) is 1. The zero-order chi connectivity index (χ0) is 13.5. The van der Waals surface area contributed by atoms with E-state index in [1.807, 2.05) is 0 Å². The van der Waals surface area contributed by atoms with Crippen molar-refractivity contribution < 1.29 is 13.9 Å². The molecular weight excluding hydrogens is 245 g/mol. The van der Waals surface area contributed by atoms with Crippen LogP contribution in [0.3, 0.4) is 0 Å². The number of likely N-dealkylation sites (N-methyl/N-ethyl adjacent to an activating group) is 1. The van der Waals surface area contributed by atoms with E-state index in [0.717, 1.165) is 44.7 Å². The molecule has 1 heterocycles. The highest BCUT2D eigenvalue weighted by Gasteiger charge is 2.20. The monoisotopic (exact) mass is 267 g/mol. The molecule has 1 saturated heterocycles. The summed E-state index contributed by atoms with van der Waals surface area (Å²) in [4.78, 5) is 0. The van der Waals surface area contributed by atoms with Crippen LogP contribution >= 0.6 is 0 Å². The predicted molar refractivity (Wildman–Crippen MR) is 72.6 cm³/mol. The molecule has 19 heavy (non-hydrogen) atoms. The molecule has 1 aliphatic rings. The van der Waals surface area contributed by atoms with E-state index in [0.29, 0.717) is 0 Å². The molecule has 1 aliphatic heterocycles. The molecule has 0 spiro atoms. The van der Waals surface area contributed by atoms with Gasteiger partial charge in [0, 0.05) is 19.8 Å². The van der Waals surface area contributed by atoms with Gasteiger partial charge >= 0.3 is 0 Å². The summed E-state index contributed by atoms with van der Waals surface area (Å²) >= 11 is 0. The van der Waals surface area contributed by atoms with E-state index in [2.05, 4.69) is 12.2 Å². The summed E-state index contributed by atoms with van der Waals surface area (Å²) in [6, 6.07) is 6.58. The van der Waals surface area contributed by atoms with E-state index in [4.69, 9.17) is 9.47 Å². The number of rotatable bonds is 6. The molecule has 106 valence electrons. The van der Waals surface area contributed by atoms with E-state index in [1.54, 1.807) is 12.1 Å². The summed E-state index contributed by atoms with van der Waals surface area (Å²) in [6.45, 7) is 5.24. The molecule has 0 amide bonds. The second-order valence-electron chi connectivity index (χ2n) is 4.80. The second-order valence-corrected chi connectivity index (χ2v) is 4.80. The number of hydrogen-bond acceptors (Lipinski definition) is 3. The van der Waals surface area contributed by atoms with Gasteiger partial charge in [0.25, 0.3) is 0 Å². The minimum absolute atomic E-state index is 0.0244. The summed E-state index contributed by atoms with van der Waals surface area (Å²) in [7, 11) is 0. The molecule has 1 fully saturated rings. The summed E-state index contributed by atoms with van der Waals surface area (Å²) in [5.41, 5.74) is 1.02. The van der Waals surface area contributed by atoms with Crippen molar-refractivity contribution in [1.82, 2.24) is 5.32 Å². The van der Waals surface area contributed by atoms with E-state index in [1.165, 1.54) is 12.1 Å². The molecule has 1 N–H and O–H groups in total. The first-order chi connectivity index (χ1) is 9.29. The van der Waals surface area contributed by atoms with Gasteiger partial charge in [0.15, 0.2) is 0 Å². The van der Waals surface area contributed by atoms with Crippen molar-refractivity contribution in [3.63, 3.8) is 0 Å². The van der Waals surface area contributed by atoms with Crippen LogP contribution in [0.5, 0.6) is 0 Å². The van der Waals surface area contributed by atoms with Crippen LogP contribution in [0.15, 0.2) is 24.3 Å². The smallest absolute Gasteiger partial charge is 0.123 e. The zero-order valence-corrected chi connectivity index (χ0v) is 11.4. The van der Waals surface area contributed by atoms with Crippen LogP contribution in [0.2, 0.25) is 0 Å². The number of ether oxygens (including phenoxy) is 2. The van der Waals surface area contributed by atoms with Crippen molar-refractivity contribution in [1.29, 1.82) is 0 Å². The predicted octanol–water partition coefficient (Wildman–Crippen LogP) is 2.67. The quantitative estimate of drug-likeness (QED) is 0.859. The molecule has 1 unspecified atom stereocenters. The van der Waals surface area contributed by atoms with E-state index >= 15 is 0 Å². The topological polar surface area (TPSA) is 30.5 Å². The molecule has 1 atom stereocenters. The number of benzene rings is 1. The molecule has 2 rings (SSSR count). The maximum Gasteiger partial charge on any atom is 0.123 e. The summed E-state index contributed by atoms with van der Waals surface area (Å²) in [5, 5.41) is 3.30. The van der Waals surface area contributed by atoms with Crippen molar-refractivity contribution >= 4 is 0 Å². The Morgan fingerprint density at radius 1 is 1.32 bits per heavy atom. The lowest BCUT2D eigenvalue weighted by molar-refractivity contribution is -0.0688. The molecule has 0 aromatic heterocycles. The Bertz CT molecular complexity index is 363. The lowest BCUT2D eigenvalue weighted by atomic mass is 10.1. The van der Waals surface area contributed by atoms with Gasteiger partial charge in [0.1, 0.15) is 5.82 Å². The van der Waals surface area contributed by atoms with Gasteiger partial charge in [0.05, 0.1) is 12.2 Å². The van der Waals surface area contributed by atoms with Crippen LogP contribution in [0, 0.1) is 5.82 Å². The van der Waals surface area contributed by atoms with Gasteiger partial charge in [-0.25, -0.2) is 4.39 Å². The van der Waals surface area contributed by atoms with Gasteiger partial charge in [0.2, 0.25) is 0 Å². The molecule has 1 aromatic rings. The van der Waals surface area contributed by atoms with Crippen LogP contribution in [0.1, 0.15) is 31.4 Å². The van der Waals surface area contributed by atoms with E-state index in [9.17, 15) is 4.39 Å². The van der Waals surface area contributed by atoms with Crippen molar-refractivity contribution in [2.45, 2.75) is 32.0 Å². The molecule has 0 bridgehead atoms. The molecule has 0 saturated carbocycles. The van der Waals surface area contributed by atoms with E-state index < -0.39 is 0 Å². The molecule has 3 nitrogen and oxygen atoms in total. The Balaban J connectivity index is 1.99. The van der Waals surface area contributed by atoms with Crippen LogP contribution in [0.4, 0.5) is 4.39 Å². The highest BCUT2D eigenvalue weighted by molar-refractivity contribution is 5.19. The van der Waals surface area contributed by atoms with Gasteiger partial charge in [-0.2, -0.15) is 0 Å². The minimum atomic E-state index is -0.211. The third-order valence-electron chi connectivity index (χ3n) is 3.35. The molecule has 1 aromatic carbocycles. The highest BCUT2D eigenvalue weighted by Crippen LogP contribution is 2.23. The van der Waals surface area contributed by atoms with Gasteiger partial charge in [-0.1, -0.05) is 19.1 Å². The Kier molecular flexibility index (Phi) is 5.76.